The number of azo groups is 1. The molecule has 0 aromatic heterocycles. The van der Waals surface area contributed by atoms with Crippen LogP contribution in [0.5, 0.6) is 11.5 Å². The van der Waals surface area contributed by atoms with Crippen molar-refractivity contribution in [2.75, 3.05) is 13.2 Å². The molecule has 0 aliphatic rings. The Balaban J connectivity index is 2.19. The largest absolute Gasteiger partial charge is 0.480 e. The van der Waals surface area contributed by atoms with Gasteiger partial charge < -0.3 is 19.7 Å². The molecule has 0 fully saturated rings. The Kier molecular flexibility index (Phi) is 5.84. The van der Waals surface area contributed by atoms with E-state index >= 15 is 0 Å². The molecular weight excluding hydrogens is 316 g/mol. The van der Waals surface area contributed by atoms with Crippen LogP contribution in [0.4, 0.5) is 11.4 Å². The molecule has 8 heteroatoms. The average molecular weight is 330 g/mol. The fraction of sp³-hybridized carbons (Fsp3) is 0.125. The van der Waals surface area contributed by atoms with Crippen LogP contribution in [0.3, 0.4) is 0 Å². The first-order valence-corrected chi connectivity index (χ1v) is 6.85. The van der Waals surface area contributed by atoms with Crippen molar-refractivity contribution in [3.8, 4) is 11.5 Å². The average Bonchev–Trinajstić information content (AvgIpc) is 2.57. The van der Waals surface area contributed by atoms with Crippen LogP contribution in [0.15, 0.2) is 58.8 Å². The zero-order valence-electron chi connectivity index (χ0n) is 12.5. The molecule has 0 atom stereocenters. The number of carboxylic acids is 2. The molecule has 124 valence electrons. The first-order chi connectivity index (χ1) is 11.6. The van der Waals surface area contributed by atoms with Crippen molar-refractivity contribution in [3.63, 3.8) is 0 Å². The van der Waals surface area contributed by atoms with E-state index in [0.29, 0.717) is 11.4 Å². The summed E-state index contributed by atoms with van der Waals surface area (Å²) in [5, 5.41) is 25.4. The number of rotatable bonds is 8. The summed E-state index contributed by atoms with van der Waals surface area (Å²) in [6.45, 7) is -0.990. The molecule has 2 aromatic rings. The van der Waals surface area contributed by atoms with E-state index in [1.54, 1.807) is 48.5 Å². The van der Waals surface area contributed by atoms with Crippen LogP contribution in [0.2, 0.25) is 0 Å². The third-order valence-corrected chi connectivity index (χ3v) is 2.70. The molecule has 8 nitrogen and oxygen atoms in total. The maximum absolute atomic E-state index is 10.6. The van der Waals surface area contributed by atoms with Gasteiger partial charge in [0, 0.05) is 0 Å². The van der Waals surface area contributed by atoms with Crippen molar-refractivity contribution in [1.82, 2.24) is 0 Å². The summed E-state index contributed by atoms with van der Waals surface area (Å²) in [7, 11) is 0. The summed E-state index contributed by atoms with van der Waals surface area (Å²) in [5.41, 5.74) is 0.679. The van der Waals surface area contributed by atoms with Crippen LogP contribution in [0, 0.1) is 0 Å². The minimum Gasteiger partial charge on any atom is -0.480 e. The van der Waals surface area contributed by atoms with E-state index in [4.69, 9.17) is 19.7 Å². The highest BCUT2D eigenvalue weighted by atomic mass is 16.5. The molecule has 0 amide bonds. The Hall–Kier alpha value is -3.42. The third-order valence-electron chi connectivity index (χ3n) is 2.70. The maximum Gasteiger partial charge on any atom is 0.341 e. The van der Waals surface area contributed by atoms with Crippen LogP contribution in [-0.4, -0.2) is 35.4 Å². The fourth-order valence-electron chi connectivity index (χ4n) is 1.71. The topological polar surface area (TPSA) is 118 Å². The SMILES string of the molecule is O=C(O)COc1ccccc1N=Nc1ccccc1OCC(=O)O. The molecule has 24 heavy (non-hydrogen) atoms. The van der Waals surface area contributed by atoms with Crippen LogP contribution in [-0.2, 0) is 9.59 Å². The highest BCUT2D eigenvalue weighted by molar-refractivity contribution is 5.69. The van der Waals surface area contributed by atoms with Gasteiger partial charge in [0.15, 0.2) is 13.2 Å². The lowest BCUT2D eigenvalue weighted by molar-refractivity contribution is -0.140. The first-order valence-electron chi connectivity index (χ1n) is 6.85. The quantitative estimate of drug-likeness (QED) is 0.718. The van der Waals surface area contributed by atoms with Gasteiger partial charge >= 0.3 is 11.9 Å². The van der Waals surface area contributed by atoms with Crippen molar-refractivity contribution in [2.45, 2.75) is 0 Å². The predicted octanol–water partition coefficient (Wildman–Crippen LogP) is 3.03. The van der Waals surface area contributed by atoms with Gasteiger partial charge in [0.1, 0.15) is 22.9 Å². The lowest BCUT2D eigenvalue weighted by Crippen LogP contribution is -2.09. The first kappa shape index (κ1) is 16.9. The Morgan fingerprint density at radius 1 is 0.750 bits per heavy atom. The molecule has 2 N–H and O–H groups in total. The van der Waals surface area contributed by atoms with Crippen LogP contribution < -0.4 is 9.47 Å². The van der Waals surface area contributed by atoms with Gasteiger partial charge in [-0.1, -0.05) is 24.3 Å². The van der Waals surface area contributed by atoms with E-state index in [1.807, 2.05) is 0 Å². The van der Waals surface area contributed by atoms with E-state index in [9.17, 15) is 9.59 Å². The second-order valence-electron chi connectivity index (χ2n) is 4.50. The minimum absolute atomic E-state index is 0.271. The van der Waals surface area contributed by atoms with E-state index in [2.05, 4.69) is 10.2 Å². The number of nitrogens with zero attached hydrogens (tertiary/aromatic N) is 2. The summed E-state index contributed by atoms with van der Waals surface area (Å²) >= 11 is 0. The minimum atomic E-state index is -1.10. The van der Waals surface area contributed by atoms with Crippen molar-refractivity contribution >= 4 is 23.3 Å². The van der Waals surface area contributed by atoms with Gasteiger partial charge in [-0.2, -0.15) is 0 Å². The molecule has 2 aromatic carbocycles. The maximum atomic E-state index is 10.6. The number of benzene rings is 2. The number of carbonyl (C=O) groups is 2. The van der Waals surface area contributed by atoms with Crippen molar-refractivity contribution in [3.05, 3.63) is 48.5 Å². The van der Waals surface area contributed by atoms with Gasteiger partial charge in [0.25, 0.3) is 0 Å². The van der Waals surface area contributed by atoms with Crippen molar-refractivity contribution < 1.29 is 29.3 Å². The predicted molar refractivity (Wildman–Crippen MR) is 83.3 cm³/mol. The van der Waals surface area contributed by atoms with Gasteiger partial charge in [-0.25, -0.2) is 9.59 Å². The zero-order chi connectivity index (χ0) is 17.4. The summed E-state index contributed by atoms with van der Waals surface area (Å²) in [6.07, 6.45) is 0. The normalized spacial score (nSPS) is 10.5. The zero-order valence-corrected chi connectivity index (χ0v) is 12.5. The number of hydrogen-bond acceptors (Lipinski definition) is 6. The number of ether oxygens (including phenoxy) is 2. The Bertz CT molecular complexity index is 696. The van der Waals surface area contributed by atoms with Gasteiger partial charge in [-0.15, -0.1) is 10.2 Å². The highest BCUT2D eigenvalue weighted by Gasteiger charge is 2.07. The lowest BCUT2D eigenvalue weighted by Gasteiger charge is -2.07. The summed E-state index contributed by atoms with van der Waals surface area (Å²) in [4.78, 5) is 21.2. The second kappa shape index (κ2) is 8.28. The summed E-state index contributed by atoms with van der Waals surface area (Å²) in [6, 6.07) is 13.1. The summed E-state index contributed by atoms with van der Waals surface area (Å²) < 4.78 is 10.3. The van der Waals surface area contributed by atoms with E-state index < -0.39 is 25.2 Å². The summed E-state index contributed by atoms with van der Waals surface area (Å²) in [5.74, 6) is -1.66. The number of aliphatic carboxylic acids is 2. The molecule has 0 radical (unpaired) electrons. The molecule has 0 heterocycles. The second-order valence-corrected chi connectivity index (χ2v) is 4.50. The number of para-hydroxylation sites is 2. The van der Waals surface area contributed by atoms with E-state index in [-0.39, 0.29) is 11.5 Å². The Morgan fingerprint density at radius 3 is 1.50 bits per heavy atom. The monoisotopic (exact) mass is 330 g/mol. The molecule has 0 aliphatic heterocycles. The lowest BCUT2D eigenvalue weighted by atomic mass is 10.3. The highest BCUT2D eigenvalue weighted by Crippen LogP contribution is 2.32. The van der Waals surface area contributed by atoms with Crippen molar-refractivity contribution in [1.29, 1.82) is 0 Å². The van der Waals surface area contributed by atoms with Gasteiger partial charge in [-0.3, -0.25) is 0 Å². The van der Waals surface area contributed by atoms with E-state index in [1.165, 1.54) is 0 Å². The van der Waals surface area contributed by atoms with Gasteiger partial charge in [-0.05, 0) is 24.3 Å². The number of hydrogen-bond donors (Lipinski definition) is 2. The molecule has 0 unspecified atom stereocenters. The Labute approximate surface area is 137 Å². The molecule has 2 rings (SSSR count). The smallest absolute Gasteiger partial charge is 0.341 e. The van der Waals surface area contributed by atoms with Crippen molar-refractivity contribution in [2.24, 2.45) is 10.2 Å². The molecule has 0 saturated carbocycles. The number of carboxylic acid groups (broad SMARTS) is 2. The Morgan fingerprint density at radius 2 is 1.12 bits per heavy atom. The van der Waals surface area contributed by atoms with E-state index in [0.717, 1.165) is 0 Å². The molecular formula is C16H14N2O6. The standard InChI is InChI=1S/C16H14N2O6/c19-15(20)9-23-13-7-3-1-5-11(13)17-18-12-6-2-4-8-14(12)24-10-16(21)22/h1-8H,9-10H2,(H,19,20)(H,21,22). The molecule has 0 saturated heterocycles. The van der Waals surface area contributed by atoms with Crippen LogP contribution in [0.25, 0.3) is 0 Å². The molecule has 0 bridgehead atoms. The van der Waals surface area contributed by atoms with Crippen LogP contribution >= 0.6 is 0 Å². The molecule has 0 spiro atoms. The fourth-order valence-corrected chi connectivity index (χ4v) is 1.71. The van der Waals surface area contributed by atoms with Gasteiger partial charge in [0.05, 0.1) is 0 Å². The van der Waals surface area contributed by atoms with Gasteiger partial charge in [0.2, 0.25) is 0 Å². The third kappa shape index (κ3) is 5.09. The molecule has 0 aliphatic carbocycles. The van der Waals surface area contributed by atoms with Crippen LogP contribution in [0.1, 0.15) is 0 Å².